The molecule has 0 bridgehead atoms. The second kappa shape index (κ2) is 10.2. The lowest BCUT2D eigenvalue weighted by Gasteiger charge is -2.23. The maximum Gasteiger partial charge on any atom is 0.214 e. The molecular formula is C23H22ClF2O3PS. The van der Waals surface area contributed by atoms with Gasteiger partial charge in [0.15, 0.2) is 17.4 Å². The summed E-state index contributed by atoms with van der Waals surface area (Å²) in [7, 11) is -3.34. The van der Waals surface area contributed by atoms with Crippen LogP contribution in [-0.2, 0) is 13.9 Å². The van der Waals surface area contributed by atoms with Gasteiger partial charge in [0.1, 0.15) is 5.66 Å². The third kappa shape index (κ3) is 5.69. The Morgan fingerprint density at radius 3 is 2.71 bits per heavy atom. The van der Waals surface area contributed by atoms with Crippen LogP contribution in [0.3, 0.4) is 0 Å². The van der Waals surface area contributed by atoms with E-state index in [4.69, 9.17) is 16.1 Å². The number of rotatable bonds is 9. The topological polar surface area (TPSA) is 43.4 Å². The normalized spacial score (nSPS) is 14.7. The molecule has 164 valence electrons. The summed E-state index contributed by atoms with van der Waals surface area (Å²) in [5.41, 5.74) is 0.120. The Balaban J connectivity index is 1.92. The van der Waals surface area contributed by atoms with Gasteiger partial charge in [-0.05, 0) is 58.6 Å². The monoisotopic (exact) mass is 482 g/mol. The van der Waals surface area contributed by atoms with Gasteiger partial charge in [0, 0.05) is 22.8 Å². The largest absolute Gasteiger partial charge is 0.328 e. The molecule has 0 spiro atoms. The highest BCUT2D eigenvalue weighted by Gasteiger charge is 2.37. The lowest BCUT2D eigenvalue weighted by atomic mass is 10.0. The Morgan fingerprint density at radius 2 is 2.00 bits per heavy atom. The van der Waals surface area contributed by atoms with Crippen LogP contribution in [0.25, 0.3) is 16.2 Å². The van der Waals surface area contributed by atoms with Gasteiger partial charge in [0.2, 0.25) is 7.37 Å². The second-order valence-electron chi connectivity index (χ2n) is 7.22. The van der Waals surface area contributed by atoms with Crippen molar-refractivity contribution in [2.24, 2.45) is 0 Å². The lowest BCUT2D eigenvalue weighted by Crippen LogP contribution is -2.14. The smallest absolute Gasteiger partial charge is 0.214 e. The van der Waals surface area contributed by atoms with Crippen molar-refractivity contribution in [3.8, 4) is 0 Å². The van der Waals surface area contributed by atoms with E-state index in [9.17, 15) is 18.1 Å². The summed E-state index contributed by atoms with van der Waals surface area (Å²) in [6, 6.07) is 8.89. The van der Waals surface area contributed by atoms with E-state index in [0.717, 1.165) is 22.2 Å². The van der Waals surface area contributed by atoms with E-state index in [0.29, 0.717) is 22.6 Å². The maximum atomic E-state index is 13.5. The van der Waals surface area contributed by atoms with Crippen LogP contribution in [0.15, 0.2) is 47.9 Å². The van der Waals surface area contributed by atoms with E-state index in [1.165, 1.54) is 30.1 Å². The first-order chi connectivity index (χ1) is 14.7. The minimum absolute atomic E-state index is 0.0329. The molecule has 3 nitrogen and oxygen atoms in total. The summed E-state index contributed by atoms with van der Waals surface area (Å²) in [6.07, 6.45) is 3.73. The number of Topliss-reactive ketones (excluding diaryl/α,β-unsaturated/α-hetero) is 1. The van der Waals surface area contributed by atoms with Gasteiger partial charge < -0.3 is 4.52 Å². The van der Waals surface area contributed by atoms with E-state index >= 15 is 0 Å². The summed E-state index contributed by atoms with van der Waals surface area (Å²) in [4.78, 5) is 13.2. The molecule has 3 aromatic rings. The lowest BCUT2D eigenvalue weighted by molar-refractivity contribution is -0.118. The van der Waals surface area contributed by atoms with Gasteiger partial charge in [-0.1, -0.05) is 36.7 Å². The molecule has 3 rings (SSSR count). The first-order valence-electron chi connectivity index (χ1n) is 9.75. The van der Waals surface area contributed by atoms with E-state index in [1.807, 2.05) is 18.4 Å². The van der Waals surface area contributed by atoms with Gasteiger partial charge in [-0.15, -0.1) is 11.3 Å². The molecule has 0 saturated heterocycles. The van der Waals surface area contributed by atoms with E-state index in [-0.39, 0.29) is 18.8 Å². The number of halogens is 3. The number of hydrogen-bond acceptors (Lipinski definition) is 4. The number of thiophene rings is 1. The highest BCUT2D eigenvalue weighted by molar-refractivity contribution is 7.59. The summed E-state index contributed by atoms with van der Waals surface area (Å²) >= 11 is 7.61. The molecule has 0 saturated carbocycles. The average Bonchev–Trinajstić information content (AvgIpc) is 3.11. The molecule has 8 heteroatoms. The third-order valence-electron chi connectivity index (χ3n) is 4.76. The van der Waals surface area contributed by atoms with Crippen molar-refractivity contribution in [3.05, 3.63) is 75.6 Å². The predicted octanol–water partition coefficient (Wildman–Crippen LogP) is 7.88. The molecule has 0 radical (unpaired) electrons. The minimum Gasteiger partial charge on any atom is -0.328 e. The summed E-state index contributed by atoms with van der Waals surface area (Å²) < 4.78 is 46.5. The number of fused-ring (bicyclic) bond motifs is 1. The number of carbonyl (C=O) groups is 1. The van der Waals surface area contributed by atoms with Crippen LogP contribution in [0, 0.1) is 11.6 Å². The van der Waals surface area contributed by atoms with Crippen molar-refractivity contribution in [2.75, 3.05) is 13.3 Å². The molecule has 0 aliphatic carbocycles. The number of hydrogen-bond donors (Lipinski definition) is 0. The van der Waals surface area contributed by atoms with Crippen LogP contribution < -0.4 is 0 Å². The Labute approximate surface area is 189 Å². The van der Waals surface area contributed by atoms with Crippen molar-refractivity contribution in [2.45, 2.75) is 25.4 Å². The number of ketones is 1. The Bertz CT molecular complexity index is 1170. The zero-order valence-electron chi connectivity index (χ0n) is 17.1. The van der Waals surface area contributed by atoms with Gasteiger partial charge in [-0.25, -0.2) is 8.78 Å². The van der Waals surface area contributed by atoms with Crippen LogP contribution in [0.5, 0.6) is 0 Å². The Hall–Kier alpha value is -1.85. The first-order valence-corrected chi connectivity index (χ1v) is 13.2. The zero-order chi connectivity index (χ0) is 22.6. The average molecular weight is 483 g/mol. The first kappa shape index (κ1) is 23.8. The van der Waals surface area contributed by atoms with E-state index in [2.05, 4.69) is 0 Å². The molecule has 0 aliphatic heterocycles. The van der Waals surface area contributed by atoms with Crippen molar-refractivity contribution in [1.29, 1.82) is 0 Å². The summed E-state index contributed by atoms with van der Waals surface area (Å²) in [6.45, 7) is 3.67. The van der Waals surface area contributed by atoms with Crippen molar-refractivity contribution in [3.63, 3.8) is 0 Å². The number of benzene rings is 2. The molecule has 2 unspecified atom stereocenters. The fraction of sp³-hybridized carbons (Fsp3) is 0.261. The zero-order valence-corrected chi connectivity index (χ0v) is 19.6. The highest BCUT2D eigenvalue weighted by atomic mass is 35.5. The molecule has 0 N–H and O–H groups in total. The molecule has 0 fully saturated rings. The number of allylic oxidation sites excluding steroid dienone is 1. The van der Waals surface area contributed by atoms with Gasteiger partial charge in [-0.2, -0.15) is 0 Å². The van der Waals surface area contributed by atoms with Crippen molar-refractivity contribution < 1.29 is 22.7 Å². The SMILES string of the molecule is CCCOP(C)(=O)C(C(=O)C/C=C/c1ccc(F)c(F)c1)c1csc2ccc(Cl)cc12. The van der Waals surface area contributed by atoms with Crippen LogP contribution in [0.1, 0.15) is 36.6 Å². The Morgan fingerprint density at radius 1 is 1.23 bits per heavy atom. The molecular weight excluding hydrogens is 461 g/mol. The van der Waals surface area contributed by atoms with Crippen LogP contribution >= 0.6 is 30.3 Å². The molecule has 2 atom stereocenters. The van der Waals surface area contributed by atoms with Gasteiger partial charge in [0.25, 0.3) is 0 Å². The van der Waals surface area contributed by atoms with Crippen LogP contribution in [0.2, 0.25) is 5.02 Å². The van der Waals surface area contributed by atoms with E-state index in [1.54, 1.807) is 18.2 Å². The molecule has 1 heterocycles. The molecule has 2 aromatic carbocycles. The predicted molar refractivity (Wildman–Crippen MR) is 124 cm³/mol. The molecule has 0 aliphatic rings. The van der Waals surface area contributed by atoms with E-state index < -0.39 is 24.7 Å². The maximum absolute atomic E-state index is 13.5. The molecule has 31 heavy (non-hydrogen) atoms. The summed E-state index contributed by atoms with van der Waals surface area (Å²) in [5.74, 6) is -2.17. The van der Waals surface area contributed by atoms with Gasteiger partial charge >= 0.3 is 0 Å². The molecule has 1 aromatic heterocycles. The fourth-order valence-electron chi connectivity index (χ4n) is 3.31. The van der Waals surface area contributed by atoms with Crippen LogP contribution in [0.4, 0.5) is 8.78 Å². The van der Waals surface area contributed by atoms with Gasteiger partial charge in [0.05, 0.1) is 6.61 Å². The van der Waals surface area contributed by atoms with Gasteiger partial charge in [-0.3, -0.25) is 9.36 Å². The number of carbonyl (C=O) groups excluding carboxylic acids is 1. The highest BCUT2D eigenvalue weighted by Crippen LogP contribution is 2.59. The Kier molecular flexibility index (Phi) is 7.82. The van der Waals surface area contributed by atoms with Crippen molar-refractivity contribution in [1.82, 2.24) is 0 Å². The molecule has 0 amide bonds. The van der Waals surface area contributed by atoms with Crippen LogP contribution in [-0.4, -0.2) is 19.1 Å². The summed E-state index contributed by atoms with van der Waals surface area (Å²) in [5, 5.41) is 3.13. The quantitative estimate of drug-likeness (QED) is 0.291. The minimum atomic E-state index is -3.34. The second-order valence-corrected chi connectivity index (χ2v) is 11.2. The third-order valence-corrected chi connectivity index (χ3v) is 8.18. The van der Waals surface area contributed by atoms with Crippen molar-refractivity contribution >= 4 is 52.3 Å². The fourth-order valence-corrected chi connectivity index (χ4v) is 6.59. The standard InChI is InChI=1S/C23H22ClF2O3PS/c1-3-11-29-30(2,28)23(18-14-31-22-10-8-16(24)13-17(18)22)21(27)6-4-5-15-7-9-19(25)20(26)12-15/h4-5,7-10,12-14,23H,3,6,11H2,1-2H3/b5-4+.